The Hall–Kier alpha value is -1.68. The van der Waals surface area contributed by atoms with Crippen LogP contribution in [0.25, 0.3) is 0 Å². The van der Waals surface area contributed by atoms with Crippen molar-refractivity contribution >= 4 is 43.5 Å². The number of rotatable bonds is 5. The second kappa shape index (κ2) is 8.77. The molecule has 3 rings (SSSR count). The lowest BCUT2D eigenvalue weighted by molar-refractivity contribution is -0.134. The highest BCUT2D eigenvalue weighted by molar-refractivity contribution is 9.10. The molecule has 1 fully saturated rings. The Morgan fingerprint density at radius 2 is 1.82 bits per heavy atom. The van der Waals surface area contributed by atoms with E-state index in [1.807, 2.05) is 0 Å². The molecule has 0 unspecified atom stereocenters. The molecule has 28 heavy (non-hydrogen) atoms. The summed E-state index contributed by atoms with van der Waals surface area (Å²) in [5.74, 6) is -0.564. The van der Waals surface area contributed by atoms with E-state index in [-0.39, 0.29) is 43.6 Å². The lowest BCUT2D eigenvalue weighted by atomic mass is 10.3. The Kier molecular flexibility index (Phi) is 6.59. The van der Waals surface area contributed by atoms with Crippen molar-refractivity contribution in [2.75, 3.05) is 32.8 Å². The maximum Gasteiger partial charge on any atom is 0.260 e. The average Bonchev–Trinajstić information content (AvgIpc) is 2.67. The summed E-state index contributed by atoms with van der Waals surface area (Å²) in [7, 11) is -3.94. The van der Waals surface area contributed by atoms with Crippen molar-refractivity contribution in [1.29, 1.82) is 0 Å². The van der Waals surface area contributed by atoms with Crippen LogP contribution in [0.15, 0.2) is 51.8 Å². The largest absolute Gasteiger partial charge is 0.483 e. The first-order chi connectivity index (χ1) is 13.3. The molecule has 0 aliphatic carbocycles. The van der Waals surface area contributed by atoms with E-state index in [4.69, 9.17) is 16.3 Å². The Bertz CT molecular complexity index is 981. The summed E-state index contributed by atoms with van der Waals surface area (Å²) in [5, 5.41) is 0.540. The molecule has 1 amide bonds. The highest BCUT2D eigenvalue weighted by Crippen LogP contribution is 2.28. The number of carbonyl (C=O) groups is 1. The molecular formula is C18H17BrClFN2O4S. The number of hydrogen-bond acceptors (Lipinski definition) is 4. The first kappa shape index (κ1) is 21.0. The maximum absolute atomic E-state index is 13.9. The molecule has 0 N–H and O–H groups in total. The van der Waals surface area contributed by atoms with Crippen LogP contribution in [0.1, 0.15) is 0 Å². The second-order valence-corrected chi connectivity index (χ2v) is 9.28. The summed E-state index contributed by atoms with van der Waals surface area (Å²) in [6, 6.07) is 10.2. The van der Waals surface area contributed by atoms with Gasteiger partial charge in [-0.1, -0.05) is 23.7 Å². The van der Waals surface area contributed by atoms with Gasteiger partial charge in [0.2, 0.25) is 10.0 Å². The third kappa shape index (κ3) is 4.65. The lowest BCUT2D eigenvalue weighted by Crippen LogP contribution is -2.51. The van der Waals surface area contributed by atoms with E-state index in [0.717, 1.165) is 6.07 Å². The van der Waals surface area contributed by atoms with E-state index in [0.29, 0.717) is 15.2 Å². The average molecular weight is 492 g/mol. The quantitative estimate of drug-likeness (QED) is 0.644. The van der Waals surface area contributed by atoms with Crippen molar-refractivity contribution < 1.29 is 22.3 Å². The zero-order valence-corrected chi connectivity index (χ0v) is 17.8. The third-order valence-electron chi connectivity index (χ3n) is 4.29. The smallest absolute Gasteiger partial charge is 0.260 e. The number of piperazine rings is 1. The van der Waals surface area contributed by atoms with Gasteiger partial charge in [0.25, 0.3) is 5.91 Å². The van der Waals surface area contributed by atoms with E-state index in [1.165, 1.54) is 27.4 Å². The highest BCUT2D eigenvalue weighted by atomic mass is 79.9. The Balaban J connectivity index is 1.57. The van der Waals surface area contributed by atoms with Crippen LogP contribution in [0, 0.1) is 5.82 Å². The first-order valence-electron chi connectivity index (χ1n) is 8.39. The molecule has 1 aliphatic heterocycles. The lowest BCUT2D eigenvalue weighted by Gasteiger charge is -2.34. The van der Waals surface area contributed by atoms with Crippen LogP contribution < -0.4 is 4.74 Å². The Labute approximate surface area is 176 Å². The van der Waals surface area contributed by atoms with Gasteiger partial charge in [-0.05, 0) is 46.3 Å². The summed E-state index contributed by atoms with van der Waals surface area (Å²) in [4.78, 5) is 13.5. The van der Waals surface area contributed by atoms with Crippen LogP contribution >= 0.6 is 27.5 Å². The Morgan fingerprint density at radius 3 is 2.46 bits per heavy atom. The van der Waals surface area contributed by atoms with Gasteiger partial charge in [0.1, 0.15) is 16.5 Å². The second-order valence-electron chi connectivity index (χ2n) is 6.08. The summed E-state index contributed by atoms with van der Waals surface area (Å²) in [6.45, 7) is 0.412. The molecule has 2 aromatic carbocycles. The number of nitrogens with zero attached hydrogens (tertiary/aromatic N) is 2. The number of carbonyl (C=O) groups excluding carboxylic acids is 1. The Morgan fingerprint density at radius 1 is 1.14 bits per heavy atom. The van der Waals surface area contributed by atoms with Gasteiger partial charge in [0, 0.05) is 31.2 Å². The number of amides is 1. The zero-order chi connectivity index (χ0) is 20.3. The standard InChI is InChI=1S/C18H17BrClFN2O4S/c19-14-11-13(20)5-6-16(14)27-12-18(24)22-7-9-23(10-8-22)28(25,26)17-4-2-1-3-15(17)21/h1-6,11H,7-10,12H2. The molecule has 6 nitrogen and oxygen atoms in total. The molecule has 150 valence electrons. The summed E-state index contributed by atoms with van der Waals surface area (Å²) in [5.41, 5.74) is 0. The molecule has 0 radical (unpaired) electrons. The van der Waals surface area contributed by atoms with E-state index in [9.17, 15) is 17.6 Å². The predicted octanol–water partition coefficient (Wildman–Crippen LogP) is 3.15. The van der Waals surface area contributed by atoms with Gasteiger partial charge in [0.15, 0.2) is 6.61 Å². The summed E-state index contributed by atoms with van der Waals surface area (Å²) in [6.07, 6.45) is 0. The van der Waals surface area contributed by atoms with Crippen molar-refractivity contribution in [2.45, 2.75) is 4.90 Å². The van der Waals surface area contributed by atoms with E-state index in [1.54, 1.807) is 18.2 Å². The molecule has 2 aromatic rings. The number of halogens is 3. The van der Waals surface area contributed by atoms with E-state index < -0.39 is 15.8 Å². The molecule has 10 heteroatoms. The van der Waals surface area contributed by atoms with E-state index >= 15 is 0 Å². The fourth-order valence-electron chi connectivity index (χ4n) is 2.79. The number of hydrogen-bond donors (Lipinski definition) is 0. The van der Waals surface area contributed by atoms with Crippen molar-refractivity contribution in [3.05, 3.63) is 57.8 Å². The fraction of sp³-hybridized carbons (Fsp3) is 0.278. The van der Waals surface area contributed by atoms with Gasteiger partial charge >= 0.3 is 0 Å². The van der Waals surface area contributed by atoms with Crippen LogP contribution in [0.2, 0.25) is 5.02 Å². The normalized spacial score (nSPS) is 15.5. The number of sulfonamides is 1. The van der Waals surface area contributed by atoms with Gasteiger partial charge in [-0.15, -0.1) is 0 Å². The van der Waals surface area contributed by atoms with E-state index in [2.05, 4.69) is 15.9 Å². The fourth-order valence-corrected chi connectivity index (χ4v) is 5.08. The monoisotopic (exact) mass is 490 g/mol. The number of ether oxygens (including phenoxy) is 1. The first-order valence-corrected chi connectivity index (χ1v) is 11.0. The molecule has 1 heterocycles. The van der Waals surface area contributed by atoms with Crippen molar-refractivity contribution in [3.8, 4) is 5.75 Å². The summed E-state index contributed by atoms with van der Waals surface area (Å²) >= 11 is 9.18. The van der Waals surface area contributed by atoms with Crippen molar-refractivity contribution in [1.82, 2.24) is 9.21 Å². The van der Waals surface area contributed by atoms with Gasteiger partial charge in [-0.3, -0.25) is 4.79 Å². The topological polar surface area (TPSA) is 66.9 Å². The van der Waals surface area contributed by atoms with Crippen LogP contribution in [-0.4, -0.2) is 56.3 Å². The van der Waals surface area contributed by atoms with Crippen LogP contribution in [0.4, 0.5) is 4.39 Å². The molecule has 0 atom stereocenters. The SMILES string of the molecule is O=C(COc1ccc(Cl)cc1Br)N1CCN(S(=O)(=O)c2ccccc2F)CC1. The zero-order valence-electron chi connectivity index (χ0n) is 14.6. The van der Waals surface area contributed by atoms with Gasteiger partial charge < -0.3 is 9.64 Å². The van der Waals surface area contributed by atoms with Crippen LogP contribution in [-0.2, 0) is 14.8 Å². The number of benzene rings is 2. The predicted molar refractivity (Wildman–Crippen MR) is 106 cm³/mol. The van der Waals surface area contributed by atoms with Gasteiger partial charge in [-0.25, -0.2) is 12.8 Å². The molecule has 0 saturated carbocycles. The minimum Gasteiger partial charge on any atom is -0.483 e. The highest BCUT2D eigenvalue weighted by Gasteiger charge is 2.31. The summed E-state index contributed by atoms with van der Waals surface area (Å²) < 4.78 is 46.4. The molecule has 0 bridgehead atoms. The molecule has 1 saturated heterocycles. The van der Waals surface area contributed by atoms with Crippen molar-refractivity contribution in [3.63, 3.8) is 0 Å². The van der Waals surface area contributed by atoms with Crippen LogP contribution in [0.3, 0.4) is 0 Å². The minimum atomic E-state index is -3.94. The van der Waals surface area contributed by atoms with Crippen LogP contribution in [0.5, 0.6) is 5.75 Å². The maximum atomic E-state index is 13.9. The minimum absolute atomic E-state index is 0.0903. The van der Waals surface area contributed by atoms with Gasteiger partial charge in [0.05, 0.1) is 4.47 Å². The van der Waals surface area contributed by atoms with Crippen molar-refractivity contribution in [2.24, 2.45) is 0 Å². The molecule has 0 aromatic heterocycles. The third-order valence-corrected chi connectivity index (χ3v) is 7.08. The molecule has 0 spiro atoms. The molecular weight excluding hydrogens is 475 g/mol. The molecule has 1 aliphatic rings. The van der Waals surface area contributed by atoms with Gasteiger partial charge in [-0.2, -0.15) is 4.31 Å².